The summed E-state index contributed by atoms with van der Waals surface area (Å²) in [5, 5.41) is 0.559. The van der Waals surface area contributed by atoms with Gasteiger partial charge in [0.2, 0.25) is 10.0 Å². The third kappa shape index (κ3) is 3.56. The van der Waals surface area contributed by atoms with Crippen molar-refractivity contribution in [3.05, 3.63) is 59.1 Å². The molecule has 0 fully saturated rings. The largest absolute Gasteiger partial charge is 0.399 e. The van der Waals surface area contributed by atoms with E-state index < -0.39 is 10.0 Å². The molecule has 4 nitrogen and oxygen atoms in total. The van der Waals surface area contributed by atoms with Gasteiger partial charge in [-0.15, -0.1) is 0 Å². The van der Waals surface area contributed by atoms with Gasteiger partial charge >= 0.3 is 0 Å². The van der Waals surface area contributed by atoms with E-state index in [-0.39, 0.29) is 11.4 Å². The number of hydrogen-bond donors (Lipinski definition) is 1. The van der Waals surface area contributed by atoms with Gasteiger partial charge in [0.1, 0.15) is 0 Å². The SMILES string of the molecule is CCN(Cc1ccccc1Cl)S(=O)(=O)c1ccc(N)cc1. The standard InChI is InChI=1S/C15H17ClN2O2S/c1-2-18(11-12-5-3-4-6-15(12)16)21(19,20)14-9-7-13(17)8-10-14/h3-10H,2,11,17H2,1H3. The van der Waals surface area contributed by atoms with Crippen molar-refractivity contribution in [3.63, 3.8) is 0 Å². The number of sulfonamides is 1. The van der Waals surface area contributed by atoms with Crippen molar-refractivity contribution in [2.75, 3.05) is 12.3 Å². The van der Waals surface area contributed by atoms with Gasteiger partial charge in [0.05, 0.1) is 4.90 Å². The van der Waals surface area contributed by atoms with E-state index in [9.17, 15) is 8.42 Å². The smallest absolute Gasteiger partial charge is 0.243 e. The Balaban J connectivity index is 2.32. The fourth-order valence-electron chi connectivity index (χ4n) is 1.97. The maximum absolute atomic E-state index is 12.6. The van der Waals surface area contributed by atoms with E-state index in [2.05, 4.69) is 0 Å². The minimum absolute atomic E-state index is 0.227. The number of rotatable bonds is 5. The molecular formula is C15H17ClN2O2S. The normalized spacial score (nSPS) is 11.8. The molecule has 2 aromatic carbocycles. The van der Waals surface area contributed by atoms with Crippen molar-refractivity contribution < 1.29 is 8.42 Å². The molecule has 0 aliphatic heterocycles. The lowest BCUT2D eigenvalue weighted by molar-refractivity contribution is 0.423. The van der Waals surface area contributed by atoms with Crippen LogP contribution in [0.4, 0.5) is 5.69 Å². The van der Waals surface area contributed by atoms with Gasteiger partial charge in [-0.1, -0.05) is 36.7 Å². The predicted octanol–water partition coefficient (Wildman–Crippen LogP) is 3.13. The van der Waals surface area contributed by atoms with Crippen molar-refractivity contribution in [2.24, 2.45) is 0 Å². The Morgan fingerprint density at radius 3 is 2.29 bits per heavy atom. The Kier molecular flexibility index (Phi) is 4.88. The molecule has 0 aromatic heterocycles. The molecule has 0 saturated carbocycles. The number of anilines is 1. The number of nitrogens with zero attached hydrogens (tertiary/aromatic N) is 1. The maximum Gasteiger partial charge on any atom is 0.243 e. The van der Waals surface area contributed by atoms with Crippen LogP contribution in [0.5, 0.6) is 0 Å². The molecule has 0 bridgehead atoms. The van der Waals surface area contributed by atoms with Gasteiger partial charge in [0, 0.05) is 23.8 Å². The molecule has 6 heteroatoms. The molecule has 2 rings (SSSR count). The molecule has 0 aliphatic carbocycles. The van der Waals surface area contributed by atoms with Crippen LogP contribution in [0.3, 0.4) is 0 Å². The first-order valence-electron chi connectivity index (χ1n) is 6.54. The summed E-state index contributed by atoms with van der Waals surface area (Å²) >= 11 is 6.10. The van der Waals surface area contributed by atoms with Crippen LogP contribution in [0.2, 0.25) is 5.02 Å². The zero-order valence-corrected chi connectivity index (χ0v) is 13.2. The first-order valence-corrected chi connectivity index (χ1v) is 8.36. The molecular weight excluding hydrogens is 308 g/mol. The third-order valence-corrected chi connectivity index (χ3v) is 5.48. The van der Waals surface area contributed by atoms with Gasteiger partial charge in [-0.05, 0) is 35.9 Å². The van der Waals surface area contributed by atoms with Gasteiger partial charge in [-0.2, -0.15) is 4.31 Å². The lowest BCUT2D eigenvalue weighted by Crippen LogP contribution is -2.30. The number of nitrogen functional groups attached to an aromatic ring is 1. The van der Waals surface area contributed by atoms with E-state index in [4.69, 9.17) is 17.3 Å². The van der Waals surface area contributed by atoms with E-state index in [1.54, 1.807) is 25.1 Å². The van der Waals surface area contributed by atoms with E-state index in [1.165, 1.54) is 16.4 Å². The Hall–Kier alpha value is -1.56. The van der Waals surface area contributed by atoms with Crippen molar-refractivity contribution >= 4 is 27.3 Å². The zero-order valence-electron chi connectivity index (χ0n) is 11.7. The second-order valence-corrected chi connectivity index (χ2v) is 6.94. The molecule has 0 heterocycles. The number of halogens is 1. The van der Waals surface area contributed by atoms with E-state index in [0.29, 0.717) is 17.3 Å². The van der Waals surface area contributed by atoms with Crippen LogP contribution < -0.4 is 5.73 Å². The van der Waals surface area contributed by atoms with Crippen LogP contribution in [-0.4, -0.2) is 19.3 Å². The van der Waals surface area contributed by atoms with Crippen molar-refractivity contribution in [1.82, 2.24) is 4.31 Å². The molecule has 2 aromatic rings. The Labute approximate surface area is 130 Å². The summed E-state index contributed by atoms with van der Waals surface area (Å²) in [5.74, 6) is 0. The summed E-state index contributed by atoms with van der Waals surface area (Å²) < 4.78 is 26.7. The summed E-state index contributed by atoms with van der Waals surface area (Å²) in [4.78, 5) is 0.227. The molecule has 2 N–H and O–H groups in total. The summed E-state index contributed by atoms with van der Waals surface area (Å²) in [5.41, 5.74) is 6.90. The van der Waals surface area contributed by atoms with Crippen LogP contribution in [0, 0.1) is 0 Å². The lowest BCUT2D eigenvalue weighted by atomic mass is 10.2. The highest BCUT2D eigenvalue weighted by Crippen LogP contribution is 2.22. The van der Waals surface area contributed by atoms with Crippen LogP contribution in [-0.2, 0) is 16.6 Å². The van der Waals surface area contributed by atoms with Gasteiger partial charge < -0.3 is 5.73 Å². The second-order valence-electron chi connectivity index (χ2n) is 4.59. The highest BCUT2D eigenvalue weighted by molar-refractivity contribution is 7.89. The monoisotopic (exact) mass is 324 g/mol. The topological polar surface area (TPSA) is 63.4 Å². The molecule has 0 unspecified atom stereocenters. The molecule has 21 heavy (non-hydrogen) atoms. The summed E-state index contributed by atoms with van der Waals surface area (Å²) in [6.07, 6.45) is 0. The van der Waals surface area contributed by atoms with Gasteiger partial charge in [-0.25, -0.2) is 8.42 Å². The molecule has 0 saturated heterocycles. The number of hydrogen-bond acceptors (Lipinski definition) is 3. The quantitative estimate of drug-likeness (QED) is 0.859. The van der Waals surface area contributed by atoms with Crippen molar-refractivity contribution in [3.8, 4) is 0 Å². The van der Waals surface area contributed by atoms with Crippen LogP contribution in [0.25, 0.3) is 0 Å². The predicted molar refractivity (Wildman–Crippen MR) is 85.6 cm³/mol. The fraction of sp³-hybridized carbons (Fsp3) is 0.200. The molecule has 0 aliphatic rings. The zero-order chi connectivity index (χ0) is 15.5. The number of nitrogens with two attached hydrogens (primary N) is 1. The Morgan fingerprint density at radius 1 is 1.10 bits per heavy atom. The van der Waals surface area contributed by atoms with E-state index in [0.717, 1.165) is 5.56 Å². The van der Waals surface area contributed by atoms with Crippen LogP contribution >= 0.6 is 11.6 Å². The fourth-order valence-corrected chi connectivity index (χ4v) is 3.59. The van der Waals surface area contributed by atoms with Crippen LogP contribution in [0.15, 0.2) is 53.4 Å². The van der Waals surface area contributed by atoms with E-state index >= 15 is 0 Å². The van der Waals surface area contributed by atoms with Crippen molar-refractivity contribution in [1.29, 1.82) is 0 Å². The highest BCUT2D eigenvalue weighted by atomic mass is 35.5. The maximum atomic E-state index is 12.6. The number of benzene rings is 2. The molecule has 0 radical (unpaired) electrons. The average Bonchev–Trinajstić information content (AvgIpc) is 2.46. The second kappa shape index (κ2) is 6.47. The lowest BCUT2D eigenvalue weighted by Gasteiger charge is -2.21. The first-order chi connectivity index (χ1) is 9.95. The molecule has 0 atom stereocenters. The van der Waals surface area contributed by atoms with E-state index in [1.807, 2.05) is 18.2 Å². The van der Waals surface area contributed by atoms with Gasteiger partial charge in [0.15, 0.2) is 0 Å². The molecule has 112 valence electrons. The summed E-state index contributed by atoms with van der Waals surface area (Å²) in [7, 11) is -3.56. The minimum Gasteiger partial charge on any atom is -0.399 e. The van der Waals surface area contributed by atoms with Gasteiger partial charge in [0.25, 0.3) is 0 Å². The molecule has 0 spiro atoms. The average molecular weight is 325 g/mol. The molecule has 0 amide bonds. The minimum atomic E-state index is -3.56. The highest BCUT2D eigenvalue weighted by Gasteiger charge is 2.23. The third-order valence-electron chi connectivity index (χ3n) is 3.18. The van der Waals surface area contributed by atoms with Crippen LogP contribution in [0.1, 0.15) is 12.5 Å². The summed E-state index contributed by atoms with van der Waals surface area (Å²) in [6, 6.07) is 13.4. The first kappa shape index (κ1) is 15.8. The Bertz CT molecular complexity index is 715. The van der Waals surface area contributed by atoms with Crippen molar-refractivity contribution in [2.45, 2.75) is 18.4 Å². The summed E-state index contributed by atoms with van der Waals surface area (Å²) in [6.45, 7) is 2.40. The Morgan fingerprint density at radius 2 is 1.71 bits per heavy atom. The van der Waals surface area contributed by atoms with Gasteiger partial charge in [-0.3, -0.25) is 0 Å².